The SMILES string of the molecule is CC(C)C[C@H](NC(=O)[C@H](CC(N)=O)NC(=O)CNC(=O)[C@H](Cc1ccc(O)cc1)NC(=O)[C@H](CCC(N)=O)NC(=O)CN)C(=O)N[C@@H](Cc1c[nH]c2ccccc12)C(=O)N[C@@H](Cc1ccccc1)C(=O)N[C@@H](C)C(=O)N[C@@H](Cc1ccc(O)cc1)C(=O)O. The van der Waals surface area contributed by atoms with Crippen LogP contribution >= 0.6 is 0 Å². The number of carbonyl (C=O) groups excluding carboxylic acids is 11. The van der Waals surface area contributed by atoms with Crippen LogP contribution < -0.4 is 65.1 Å². The van der Waals surface area contributed by atoms with E-state index in [0.717, 1.165) is 0 Å². The van der Waals surface area contributed by atoms with E-state index in [2.05, 4.69) is 52.8 Å². The number of nitrogens with one attached hydrogen (secondary N) is 10. The third kappa shape index (κ3) is 22.2. The van der Waals surface area contributed by atoms with Gasteiger partial charge in [-0.1, -0.05) is 86.6 Å². The van der Waals surface area contributed by atoms with Gasteiger partial charge in [0.25, 0.3) is 0 Å². The zero-order chi connectivity index (χ0) is 64.6. The molecule has 1 heterocycles. The zero-order valence-electron chi connectivity index (χ0n) is 48.6. The highest BCUT2D eigenvalue weighted by Gasteiger charge is 2.35. The summed E-state index contributed by atoms with van der Waals surface area (Å²) in [7, 11) is 0. The van der Waals surface area contributed by atoms with E-state index in [4.69, 9.17) is 17.2 Å². The molecule has 0 radical (unpaired) electrons. The number of carbonyl (C=O) groups is 12. The molecule has 0 aliphatic heterocycles. The number of H-pyrrole nitrogens is 1. The van der Waals surface area contributed by atoms with Crippen LogP contribution in [-0.2, 0) is 83.2 Å². The number of fused-ring (bicyclic) bond motifs is 1. The van der Waals surface area contributed by atoms with Crippen molar-refractivity contribution in [2.45, 2.75) is 120 Å². The molecule has 8 atom stereocenters. The Balaban J connectivity index is 1.35. The van der Waals surface area contributed by atoms with Crippen molar-refractivity contribution >= 4 is 81.9 Å². The lowest BCUT2D eigenvalue weighted by molar-refractivity contribution is -0.142. The van der Waals surface area contributed by atoms with Crippen molar-refractivity contribution in [3.8, 4) is 11.5 Å². The molecule has 5 aromatic rings. The average molecular weight is 1220 g/mol. The normalized spacial score (nSPS) is 13.7. The number of hydrogen-bond acceptors (Lipinski definition) is 15. The molecule has 470 valence electrons. The second-order valence-corrected chi connectivity index (χ2v) is 21.3. The van der Waals surface area contributed by atoms with Crippen LogP contribution in [0.3, 0.4) is 0 Å². The van der Waals surface area contributed by atoms with Gasteiger partial charge in [-0.3, -0.25) is 52.7 Å². The summed E-state index contributed by atoms with van der Waals surface area (Å²) >= 11 is 0. The largest absolute Gasteiger partial charge is 0.508 e. The van der Waals surface area contributed by atoms with Gasteiger partial charge in [0.15, 0.2) is 0 Å². The van der Waals surface area contributed by atoms with Crippen molar-refractivity contribution in [1.29, 1.82) is 0 Å². The van der Waals surface area contributed by atoms with E-state index < -0.39 is 139 Å². The maximum Gasteiger partial charge on any atom is 0.326 e. The van der Waals surface area contributed by atoms with E-state index in [0.29, 0.717) is 33.2 Å². The first-order chi connectivity index (χ1) is 41.8. The minimum absolute atomic E-state index is 0.0467. The number of hydrogen-bond donors (Lipinski definition) is 16. The molecule has 0 saturated heterocycles. The zero-order valence-corrected chi connectivity index (χ0v) is 48.6. The predicted octanol–water partition coefficient (Wildman–Crippen LogP) is -1.91. The number of aromatic amines is 1. The molecular weight excluding hydrogens is 1140 g/mol. The number of para-hydroxylation sites is 1. The molecular formula is C60H75N13O15. The van der Waals surface area contributed by atoms with E-state index >= 15 is 0 Å². The minimum Gasteiger partial charge on any atom is -0.508 e. The molecule has 5 rings (SSSR count). The van der Waals surface area contributed by atoms with Crippen LogP contribution in [0.1, 0.15) is 68.7 Å². The fourth-order valence-corrected chi connectivity index (χ4v) is 9.16. The van der Waals surface area contributed by atoms with Crippen molar-refractivity contribution in [2.75, 3.05) is 13.1 Å². The molecule has 0 bridgehead atoms. The summed E-state index contributed by atoms with van der Waals surface area (Å²) in [6.45, 7) is 3.41. The van der Waals surface area contributed by atoms with E-state index in [1.165, 1.54) is 55.5 Å². The van der Waals surface area contributed by atoms with Crippen molar-refractivity contribution < 1.29 is 72.9 Å². The number of primary amides is 2. The Morgan fingerprint density at radius 2 is 0.943 bits per heavy atom. The Hall–Kier alpha value is -10.4. The van der Waals surface area contributed by atoms with Crippen LogP contribution in [0.25, 0.3) is 10.9 Å². The van der Waals surface area contributed by atoms with E-state index in [1.807, 2.05) is 0 Å². The monoisotopic (exact) mass is 1220 g/mol. The molecule has 11 amide bonds. The number of aliphatic carboxylic acids is 1. The Morgan fingerprint density at radius 3 is 1.50 bits per heavy atom. The van der Waals surface area contributed by atoms with Crippen LogP contribution in [0.15, 0.2) is 109 Å². The third-order valence-electron chi connectivity index (χ3n) is 13.7. The number of carboxylic acids is 1. The van der Waals surface area contributed by atoms with Gasteiger partial charge in [0, 0.05) is 49.2 Å². The number of carboxylic acid groups (broad SMARTS) is 1. The molecule has 88 heavy (non-hydrogen) atoms. The summed E-state index contributed by atoms with van der Waals surface area (Å²) in [5.74, 6) is -12.0. The van der Waals surface area contributed by atoms with Crippen molar-refractivity contribution in [1.82, 2.24) is 52.8 Å². The first kappa shape index (κ1) is 68.4. The lowest BCUT2D eigenvalue weighted by atomic mass is 9.99. The van der Waals surface area contributed by atoms with Crippen LogP contribution in [0.2, 0.25) is 0 Å². The topological polar surface area (TPSA) is 468 Å². The lowest BCUT2D eigenvalue weighted by Crippen LogP contribution is -2.60. The molecule has 4 aromatic carbocycles. The Kier molecular flexibility index (Phi) is 25.9. The molecule has 28 heteroatoms. The Bertz CT molecular complexity index is 3290. The van der Waals surface area contributed by atoms with Crippen LogP contribution in [0, 0.1) is 5.92 Å². The van der Waals surface area contributed by atoms with Gasteiger partial charge in [0.2, 0.25) is 65.0 Å². The number of aromatic hydroxyl groups is 2. The van der Waals surface area contributed by atoms with Gasteiger partial charge in [-0.2, -0.15) is 0 Å². The smallest absolute Gasteiger partial charge is 0.326 e. The van der Waals surface area contributed by atoms with Gasteiger partial charge in [-0.25, -0.2) is 4.79 Å². The van der Waals surface area contributed by atoms with Gasteiger partial charge in [0.1, 0.15) is 59.8 Å². The van der Waals surface area contributed by atoms with Gasteiger partial charge in [0.05, 0.1) is 19.5 Å². The summed E-state index contributed by atoms with van der Waals surface area (Å²) in [5.41, 5.74) is 19.0. The molecule has 28 nitrogen and oxygen atoms in total. The second kappa shape index (κ2) is 33.3. The van der Waals surface area contributed by atoms with Gasteiger partial charge < -0.3 is 85.4 Å². The highest BCUT2D eigenvalue weighted by Crippen LogP contribution is 2.21. The van der Waals surface area contributed by atoms with Gasteiger partial charge in [-0.15, -0.1) is 0 Å². The maximum absolute atomic E-state index is 14.8. The summed E-state index contributed by atoms with van der Waals surface area (Å²) in [6, 6.07) is 15.2. The maximum atomic E-state index is 14.8. The quantitative estimate of drug-likeness (QED) is 0.0214. The van der Waals surface area contributed by atoms with Crippen molar-refractivity contribution in [3.63, 3.8) is 0 Å². The summed E-state index contributed by atoms with van der Waals surface area (Å²) in [4.78, 5) is 164. The van der Waals surface area contributed by atoms with Gasteiger partial charge in [-0.05, 0) is 78.3 Å². The molecule has 0 unspecified atom stereocenters. The van der Waals surface area contributed by atoms with Crippen LogP contribution in [0.4, 0.5) is 0 Å². The number of aromatic nitrogens is 1. The molecule has 0 spiro atoms. The van der Waals surface area contributed by atoms with E-state index in [-0.39, 0.29) is 62.4 Å². The molecule has 0 aliphatic rings. The standard InChI is InChI=1S/C60H75N13O15/c1-32(2)23-43(69-59(86)47(28-50(63)77)68-52(79)31-65-54(81)44(25-35-13-17-38(74)18-14-35)70-55(82)42(21-22-49(62)76)67-51(78)29-61)57(84)72-46(27-37-30-64-41-12-8-7-11-40(37)41)58(85)71-45(24-34-9-5-4-6-10-34)56(83)66-33(3)53(80)73-48(60(87)88)26-36-15-19-39(75)20-16-36/h4-20,30,32-33,42-48,64,74-75H,21-29,31,61H2,1-3H3,(H2,62,76)(H2,63,77)(H,65,81)(H,66,83)(H,67,78)(H,68,79)(H,69,86)(H,70,82)(H,71,85)(H,72,84)(H,73,80)(H,87,88)/t33-,42-,43-,44-,45-,46-,47-,48-/m0/s1. The molecule has 0 aliphatic carbocycles. The number of amides is 11. The number of benzene rings is 4. The van der Waals surface area contributed by atoms with E-state index in [1.54, 1.807) is 74.6 Å². The van der Waals surface area contributed by atoms with E-state index in [9.17, 15) is 72.9 Å². The molecule has 19 N–H and O–H groups in total. The summed E-state index contributed by atoms with van der Waals surface area (Å²) in [6.07, 6.45) is -0.549. The first-order valence-corrected chi connectivity index (χ1v) is 28.1. The Morgan fingerprint density at radius 1 is 0.477 bits per heavy atom. The third-order valence-corrected chi connectivity index (χ3v) is 13.7. The highest BCUT2D eigenvalue weighted by atomic mass is 16.4. The average Bonchev–Trinajstić information content (AvgIpc) is 4.04. The Labute approximate surface area is 505 Å². The van der Waals surface area contributed by atoms with Crippen molar-refractivity contribution in [3.05, 3.63) is 132 Å². The van der Waals surface area contributed by atoms with Crippen molar-refractivity contribution in [2.24, 2.45) is 23.1 Å². The van der Waals surface area contributed by atoms with Gasteiger partial charge >= 0.3 is 5.97 Å². The highest BCUT2D eigenvalue weighted by molar-refractivity contribution is 5.99. The summed E-state index contributed by atoms with van der Waals surface area (Å²) in [5, 5.41) is 52.7. The number of phenols is 2. The number of nitrogens with two attached hydrogens (primary N) is 3. The summed E-state index contributed by atoms with van der Waals surface area (Å²) < 4.78 is 0. The van der Waals surface area contributed by atoms with Crippen LogP contribution in [-0.4, -0.2) is 153 Å². The second-order valence-electron chi connectivity index (χ2n) is 21.3. The predicted molar refractivity (Wildman–Crippen MR) is 318 cm³/mol. The molecule has 0 fully saturated rings. The van der Waals surface area contributed by atoms with Crippen LogP contribution in [0.5, 0.6) is 11.5 Å². The fourth-order valence-electron chi connectivity index (χ4n) is 9.16. The minimum atomic E-state index is -1.75. The number of rotatable bonds is 34. The number of phenolic OH excluding ortho intramolecular Hbond substituents is 2. The lowest BCUT2D eigenvalue weighted by Gasteiger charge is -2.27. The first-order valence-electron chi connectivity index (χ1n) is 28.1. The molecule has 1 aromatic heterocycles. The fraction of sp³-hybridized carbons (Fsp3) is 0.367. The molecule has 0 saturated carbocycles.